The molecule has 1 aromatic rings. The average molecular weight is 236 g/mol. The van der Waals surface area contributed by atoms with Crippen molar-refractivity contribution in [1.29, 1.82) is 0 Å². The van der Waals surface area contributed by atoms with Gasteiger partial charge in [0, 0.05) is 37.9 Å². The highest BCUT2D eigenvalue weighted by Gasteiger charge is 2.24. The molecule has 1 aromatic heterocycles. The molecule has 5 nitrogen and oxygen atoms in total. The van der Waals surface area contributed by atoms with Crippen molar-refractivity contribution in [3.05, 3.63) is 17.5 Å². The van der Waals surface area contributed by atoms with E-state index in [0.29, 0.717) is 11.7 Å². The van der Waals surface area contributed by atoms with Gasteiger partial charge in [0.1, 0.15) is 5.69 Å². The quantitative estimate of drug-likeness (QED) is 0.829. The van der Waals surface area contributed by atoms with E-state index >= 15 is 0 Å². The summed E-state index contributed by atoms with van der Waals surface area (Å²) in [4.78, 5) is 16.4. The molecule has 1 aliphatic rings. The SMILES string of the molecule is Cc1cc(C(=O)N2CCN(C(C)C)CC2)n[nH]1. The Labute approximate surface area is 102 Å². The third kappa shape index (κ3) is 2.66. The first-order valence-corrected chi connectivity index (χ1v) is 6.13. The number of piperazine rings is 1. The number of carbonyl (C=O) groups is 1. The second-order valence-electron chi connectivity index (χ2n) is 4.86. The van der Waals surface area contributed by atoms with E-state index in [0.717, 1.165) is 31.9 Å². The molecule has 0 radical (unpaired) electrons. The average Bonchev–Trinajstić information content (AvgIpc) is 2.75. The fourth-order valence-corrected chi connectivity index (χ4v) is 2.13. The van der Waals surface area contributed by atoms with Gasteiger partial charge in [0.2, 0.25) is 0 Å². The molecule has 0 aliphatic carbocycles. The number of aromatic nitrogens is 2. The Kier molecular flexibility index (Phi) is 3.47. The molecule has 1 amide bonds. The van der Waals surface area contributed by atoms with Gasteiger partial charge in [-0.2, -0.15) is 5.10 Å². The van der Waals surface area contributed by atoms with Crippen LogP contribution in [0, 0.1) is 6.92 Å². The fraction of sp³-hybridized carbons (Fsp3) is 0.667. The van der Waals surface area contributed by atoms with Crippen LogP contribution in [-0.2, 0) is 0 Å². The van der Waals surface area contributed by atoms with Gasteiger partial charge in [0.05, 0.1) is 0 Å². The van der Waals surface area contributed by atoms with Gasteiger partial charge in [-0.1, -0.05) is 0 Å². The highest BCUT2D eigenvalue weighted by Crippen LogP contribution is 2.09. The number of hydrogen-bond donors (Lipinski definition) is 1. The minimum absolute atomic E-state index is 0.0396. The summed E-state index contributed by atoms with van der Waals surface area (Å²) in [6.45, 7) is 9.77. The zero-order valence-electron chi connectivity index (χ0n) is 10.7. The fourth-order valence-electron chi connectivity index (χ4n) is 2.13. The van der Waals surface area contributed by atoms with Crippen molar-refractivity contribution in [2.45, 2.75) is 26.8 Å². The number of amides is 1. The van der Waals surface area contributed by atoms with Gasteiger partial charge in [-0.05, 0) is 26.8 Å². The number of rotatable bonds is 2. The van der Waals surface area contributed by atoms with E-state index in [9.17, 15) is 4.79 Å². The molecule has 5 heteroatoms. The topological polar surface area (TPSA) is 52.2 Å². The first kappa shape index (κ1) is 12.1. The van der Waals surface area contributed by atoms with E-state index in [1.165, 1.54) is 0 Å². The van der Waals surface area contributed by atoms with Crippen LogP contribution >= 0.6 is 0 Å². The van der Waals surface area contributed by atoms with E-state index in [1.807, 2.05) is 11.8 Å². The molecule has 0 bridgehead atoms. The van der Waals surface area contributed by atoms with Crippen LogP contribution in [0.25, 0.3) is 0 Å². The molecule has 0 aromatic carbocycles. The smallest absolute Gasteiger partial charge is 0.274 e. The minimum Gasteiger partial charge on any atom is -0.335 e. The second-order valence-corrected chi connectivity index (χ2v) is 4.86. The number of nitrogens with zero attached hydrogens (tertiary/aromatic N) is 3. The second kappa shape index (κ2) is 4.87. The summed E-state index contributed by atoms with van der Waals surface area (Å²) in [6.07, 6.45) is 0. The summed E-state index contributed by atoms with van der Waals surface area (Å²) in [5.74, 6) is 0.0396. The van der Waals surface area contributed by atoms with Crippen molar-refractivity contribution in [3.8, 4) is 0 Å². The van der Waals surface area contributed by atoms with Crippen LogP contribution in [0.3, 0.4) is 0 Å². The van der Waals surface area contributed by atoms with Crippen LogP contribution < -0.4 is 0 Å². The monoisotopic (exact) mass is 236 g/mol. The van der Waals surface area contributed by atoms with Gasteiger partial charge < -0.3 is 4.90 Å². The lowest BCUT2D eigenvalue weighted by atomic mass is 10.2. The van der Waals surface area contributed by atoms with Crippen LogP contribution in [0.15, 0.2) is 6.07 Å². The van der Waals surface area contributed by atoms with Crippen molar-refractivity contribution in [1.82, 2.24) is 20.0 Å². The van der Waals surface area contributed by atoms with Crippen molar-refractivity contribution < 1.29 is 4.79 Å². The standard InChI is InChI=1S/C12H20N4O/c1-9(2)15-4-6-16(7-5-15)12(17)11-8-10(3)13-14-11/h8-9H,4-7H2,1-3H3,(H,13,14). The van der Waals surface area contributed by atoms with Gasteiger partial charge in [-0.15, -0.1) is 0 Å². The first-order chi connectivity index (χ1) is 8.08. The van der Waals surface area contributed by atoms with Crippen LogP contribution in [0.5, 0.6) is 0 Å². The van der Waals surface area contributed by atoms with E-state index in [4.69, 9.17) is 0 Å². The summed E-state index contributed by atoms with van der Waals surface area (Å²) in [7, 11) is 0. The third-order valence-corrected chi connectivity index (χ3v) is 3.26. The molecule has 2 rings (SSSR count). The molecule has 2 heterocycles. The normalized spacial score (nSPS) is 17.8. The number of nitrogens with one attached hydrogen (secondary N) is 1. The lowest BCUT2D eigenvalue weighted by Gasteiger charge is -2.36. The molecule has 1 N–H and O–H groups in total. The molecule has 17 heavy (non-hydrogen) atoms. The van der Waals surface area contributed by atoms with Crippen molar-refractivity contribution in [2.75, 3.05) is 26.2 Å². The molecule has 1 fully saturated rings. The molecular weight excluding hydrogens is 216 g/mol. The van der Waals surface area contributed by atoms with Crippen LogP contribution in [-0.4, -0.2) is 58.1 Å². The number of carbonyl (C=O) groups excluding carboxylic acids is 1. The van der Waals surface area contributed by atoms with Gasteiger partial charge in [0.25, 0.3) is 5.91 Å². The summed E-state index contributed by atoms with van der Waals surface area (Å²) in [6, 6.07) is 2.36. The molecule has 0 saturated carbocycles. The zero-order chi connectivity index (χ0) is 12.4. The number of aromatic amines is 1. The van der Waals surface area contributed by atoms with Gasteiger partial charge in [-0.25, -0.2) is 0 Å². The Morgan fingerprint density at radius 1 is 1.35 bits per heavy atom. The van der Waals surface area contributed by atoms with E-state index in [1.54, 1.807) is 6.07 Å². The van der Waals surface area contributed by atoms with Crippen molar-refractivity contribution in [2.24, 2.45) is 0 Å². The predicted octanol–water partition coefficient (Wildman–Crippen LogP) is 0.884. The molecule has 0 unspecified atom stereocenters. The largest absolute Gasteiger partial charge is 0.335 e. The van der Waals surface area contributed by atoms with Crippen LogP contribution in [0.1, 0.15) is 30.0 Å². The Morgan fingerprint density at radius 3 is 2.47 bits per heavy atom. The Morgan fingerprint density at radius 2 is 2.00 bits per heavy atom. The molecule has 1 saturated heterocycles. The highest BCUT2D eigenvalue weighted by atomic mass is 16.2. The molecule has 94 valence electrons. The number of hydrogen-bond acceptors (Lipinski definition) is 3. The van der Waals surface area contributed by atoms with Crippen molar-refractivity contribution in [3.63, 3.8) is 0 Å². The van der Waals surface area contributed by atoms with Crippen molar-refractivity contribution >= 4 is 5.91 Å². The first-order valence-electron chi connectivity index (χ1n) is 6.13. The third-order valence-electron chi connectivity index (χ3n) is 3.26. The maximum absolute atomic E-state index is 12.1. The molecule has 0 spiro atoms. The van der Waals surface area contributed by atoms with Crippen LogP contribution in [0.2, 0.25) is 0 Å². The minimum atomic E-state index is 0.0396. The molecule has 1 aliphatic heterocycles. The zero-order valence-corrected chi connectivity index (χ0v) is 10.7. The van der Waals surface area contributed by atoms with Gasteiger partial charge in [0.15, 0.2) is 0 Å². The molecule has 0 atom stereocenters. The van der Waals surface area contributed by atoms with E-state index < -0.39 is 0 Å². The maximum atomic E-state index is 12.1. The Hall–Kier alpha value is -1.36. The number of aryl methyl sites for hydroxylation is 1. The highest BCUT2D eigenvalue weighted by molar-refractivity contribution is 5.92. The molecular formula is C12H20N4O. The summed E-state index contributed by atoms with van der Waals surface area (Å²) >= 11 is 0. The van der Waals surface area contributed by atoms with Gasteiger partial charge >= 0.3 is 0 Å². The summed E-state index contributed by atoms with van der Waals surface area (Å²) < 4.78 is 0. The lowest BCUT2D eigenvalue weighted by Crippen LogP contribution is -2.50. The number of H-pyrrole nitrogens is 1. The van der Waals surface area contributed by atoms with E-state index in [2.05, 4.69) is 28.9 Å². The Balaban J connectivity index is 1.95. The maximum Gasteiger partial charge on any atom is 0.274 e. The summed E-state index contributed by atoms with van der Waals surface area (Å²) in [5.41, 5.74) is 1.45. The lowest BCUT2D eigenvalue weighted by molar-refractivity contribution is 0.0590. The summed E-state index contributed by atoms with van der Waals surface area (Å²) in [5, 5.41) is 6.82. The van der Waals surface area contributed by atoms with E-state index in [-0.39, 0.29) is 5.91 Å². The van der Waals surface area contributed by atoms with Crippen LogP contribution in [0.4, 0.5) is 0 Å². The van der Waals surface area contributed by atoms with Gasteiger partial charge in [-0.3, -0.25) is 14.8 Å². The predicted molar refractivity (Wildman–Crippen MR) is 65.9 cm³/mol. The Bertz CT molecular complexity index is 391.